The molecule has 0 aliphatic carbocycles. The number of ether oxygens (including phenoxy) is 1. The highest BCUT2D eigenvalue weighted by Gasteiger charge is 2.02. The van der Waals surface area contributed by atoms with Gasteiger partial charge in [-0.2, -0.15) is 5.10 Å². The van der Waals surface area contributed by atoms with Crippen molar-refractivity contribution in [3.8, 4) is 5.75 Å². The van der Waals surface area contributed by atoms with E-state index in [1.165, 1.54) is 0 Å². The van der Waals surface area contributed by atoms with Crippen LogP contribution in [0.5, 0.6) is 5.75 Å². The maximum Gasteiger partial charge on any atom is 0.137 e. The number of hydrazone groups is 1. The lowest BCUT2D eigenvalue weighted by Gasteiger charge is -2.07. The van der Waals surface area contributed by atoms with Crippen LogP contribution < -0.4 is 10.2 Å². The smallest absolute Gasteiger partial charge is 0.137 e. The molecule has 0 radical (unpaired) electrons. The Labute approximate surface area is 140 Å². The third-order valence-electron chi connectivity index (χ3n) is 3.00. The lowest BCUT2D eigenvalue weighted by atomic mass is 10.2. The number of hydrogen-bond donors (Lipinski definition) is 1. The number of nitrogens with zero attached hydrogens (tertiary/aromatic N) is 1. The van der Waals surface area contributed by atoms with Gasteiger partial charge in [0.05, 0.1) is 23.5 Å². The largest absolute Gasteiger partial charge is 0.492 e. The Morgan fingerprint density at radius 3 is 2.64 bits per heavy atom. The van der Waals surface area contributed by atoms with Crippen LogP contribution in [0.3, 0.4) is 0 Å². The van der Waals surface area contributed by atoms with Gasteiger partial charge in [0, 0.05) is 5.02 Å². The Bertz CT molecular complexity index is 672. The molecule has 0 unspecified atom stereocenters. The quantitative estimate of drug-likeness (QED) is 0.555. The van der Waals surface area contributed by atoms with Gasteiger partial charge < -0.3 is 4.74 Å². The van der Waals surface area contributed by atoms with Crippen LogP contribution in [-0.2, 0) is 0 Å². The first kappa shape index (κ1) is 16.7. The average Bonchev–Trinajstić information content (AvgIpc) is 2.50. The molecule has 2 aromatic rings. The van der Waals surface area contributed by atoms with Gasteiger partial charge in [-0.3, -0.25) is 5.43 Å². The second-order valence-corrected chi connectivity index (χ2v) is 5.69. The molecular weight excluding hydrogens is 319 g/mol. The van der Waals surface area contributed by atoms with Gasteiger partial charge in [0.25, 0.3) is 0 Å². The zero-order valence-corrected chi connectivity index (χ0v) is 14.1. The average molecular weight is 337 g/mol. The van der Waals surface area contributed by atoms with Gasteiger partial charge in [0.1, 0.15) is 5.75 Å². The summed E-state index contributed by atoms with van der Waals surface area (Å²) in [6.45, 7) is 4.67. The van der Waals surface area contributed by atoms with Crippen LogP contribution in [0, 0.1) is 6.92 Å². The molecule has 0 fully saturated rings. The monoisotopic (exact) mass is 336 g/mol. The first-order valence-electron chi connectivity index (χ1n) is 7.07. The van der Waals surface area contributed by atoms with Gasteiger partial charge >= 0.3 is 0 Å². The summed E-state index contributed by atoms with van der Waals surface area (Å²) in [6, 6.07) is 11.3. The van der Waals surface area contributed by atoms with Crippen molar-refractivity contribution in [1.82, 2.24) is 0 Å². The number of rotatable bonds is 6. The first-order valence-corrected chi connectivity index (χ1v) is 7.83. The van der Waals surface area contributed by atoms with E-state index in [-0.39, 0.29) is 0 Å². The minimum absolute atomic E-state index is 0.579. The van der Waals surface area contributed by atoms with Crippen LogP contribution in [-0.4, -0.2) is 12.8 Å². The van der Waals surface area contributed by atoms with Gasteiger partial charge in [-0.25, -0.2) is 0 Å². The Morgan fingerprint density at radius 2 is 1.95 bits per heavy atom. The van der Waals surface area contributed by atoms with Crippen LogP contribution in [0.2, 0.25) is 10.0 Å². The molecular formula is C17H18Cl2N2O. The van der Waals surface area contributed by atoms with Crippen molar-refractivity contribution >= 4 is 35.1 Å². The van der Waals surface area contributed by atoms with Crippen LogP contribution >= 0.6 is 23.2 Å². The van der Waals surface area contributed by atoms with Crippen LogP contribution in [0.1, 0.15) is 24.5 Å². The van der Waals surface area contributed by atoms with Gasteiger partial charge in [0.15, 0.2) is 0 Å². The molecule has 0 aromatic heterocycles. The zero-order chi connectivity index (χ0) is 15.9. The fourth-order valence-electron chi connectivity index (χ4n) is 1.77. The van der Waals surface area contributed by atoms with Crippen LogP contribution in [0.15, 0.2) is 41.5 Å². The number of hydrogen-bond acceptors (Lipinski definition) is 3. The van der Waals surface area contributed by atoms with Crippen molar-refractivity contribution in [3.63, 3.8) is 0 Å². The normalized spacial score (nSPS) is 10.9. The van der Waals surface area contributed by atoms with Gasteiger partial charge in [-0.15, -0.1) is 0 Å². The van der Waals surface area contributed by atoms with Gasteiger partial charge in [0.2, 0.25) is 0 Å². The molecule has 2 rings (SSSR count). The molecule has 22 heavy (non-hydrogen) atoms. The highest BCUT2D eigenvalue weighted by molar-refractivity contribution is 6.32. The highest BCUT2D eigenvalue weighted by Crippen LogP contribution is 2.25. The Balaban J connectivity index is 2.00. The van der Waals surface area contributed by atoms with Crippen molar-refractivity contribution in [3.05, 3.63) is 57.6 Å². The molecule has 0 atom stereocenters. The number of halogens is 2. The summed E-state index contributed by atoms with van der Waals surface area (Å²) >= 11 is 12.2. The molecule has 0 saturated heterocycles. The first-order chi connectivity index (χ1) is 10.6. The standard InChI is InChI=1S/C17H18Cl2N2O/c1-3-8-22-17-7-5-13(9-16(17)19)11-20-21-14-6-4-12(2)15(18)10-14/h4-7,9-11,21H,3,8H2,1-2H3/b20-11+. The van der Waals surface area contributed by atoms with E-state index >= 15 is 0 Å². The molecule has 0 amide bonds. The van der Waals surface area contributed by atoms with Gasteiger partial charge in [-0.05, 0) is 54.8 Å². The summed E-state index contributed by atoms with van der Waals surface area (Å²) in [5.41, 5.74) is 5.70. The lowest BCUT2D eigenvalue weighted by molar-refractivity contribution is 0.317. The molecule has 1 N–H and O–H groups in total. The van der Waals surface area contributed by atoms with Crippen molar-refractivity contribution in [1.29, 1.82) is 0 Å². The Hall–Kier alpha value is -1.71. The molecule has 2 aromatic carbocycles. The summed E-state index contributed by atoms with van der Waals surface area (Å²) in [5, 5.41) is 5.47. The summed E-state index contributed by atoms with van der Waals surface area (Å²) in [6.07, 6.45) is 2.64. The fraction of sp³-hybridized carbons (Fsp3) is 0.235. The predicted molar refractivity (Wildman–Crippen MR) is 94.6 cm³/mol. The van der Waals surface area contributed by atoms with E-state index in [2.05, 4.69) is 17.5 Å². The topological polar surface area (TPSA) is 33.6 Å². The maximum absolute atomic E-state index is 6.17. The second kappa shape index (κ2) is 8.06. The molecule has 0 saturated carbocycles. The lowest BCUT2D eigenvalue weighted by Crippen LogP contribution is -1.96. The van der Waals surface area contributed by atoms with E-state index < -0.39 is 0 Å². The van der Waals surface area contributed by atoms with E-state index in [1.54, 1.807) is 6.21 Å². The van der Waals surface area contributed by atoms with Crippen molar-refractivity contribution in [2.75, 3.05) is 12.0 Å². The summed E-state index contributed by atoms with van der Waals surface area (Å²) in [7, 11) is 0. The van der Waals surface area contributed by atoms with Crippen molar-refractivity contribution in [2.24, 2.45) is 5.10 Å². The molecule has 0 aliphatic heterocycles. The fourth-order valence-corrected chi connectivity index (χ4v) is 2.19. The van der Waals surface area contributed by atoms with E-state index in [1.807, 2.05) is 43.3 Å². The molecule has 0 bridgehead atoms. The van der Waals surface area contributed by atoms with Crippen LogP contribution in [0.4, 0.5) is 5.69 Å². The SMILES string of the molecule is CCCOc1ccc(/C=N/Nc2ccc(C)c(Cl)c2)cc1Cl. The Morgan fingerprint density at radius 1 is 1.14 bits per heavy atom. The number of benzene rings is 2. The molecule has 0 spiro atoms. The predicted octanol–water partition coefficient (Wildman–Crippen LogP) is 5.54. The number of aryl methyl sites for hydroxylation is 1. The molecule has 116 valence electrons. The minimum atomic E-state index is 0.579. The molecule has 0 aliphatic rings. The number of anilines is 1. The summed E-state index contributed by atoms with van der Waals surface area (Å²) in [4.78, 5) is 0. The molecule has 5 heteroatoms. The zero-order valence-electron chi connectivity index (χ0n) is 12.6. The third-order valence-corrected chi connectivity index (χ3v) is 3.70. The maximum atomic E-state index is 6.17. The molecule has 0 heterocycles. The van der Waals surface area contributed by atoms with E-state index in [4.69, 9.17) is 27.9 Å². The van der Waals surface area contributed by atoms with Crippen molar-refractivity contribution in [2.45, 2.75) is 20.3 Å². The van der Waals surface area contributed by atoms with Crippen LogP contribution in [0.25, 0.3) is 0 Å². The third kappa shape index (κ3) is 4.65. The summed E-state index contributed by atoms with van der Waals surface area (Å²) < 4.78 is 5.53. The summed E-state index contributed by atoms with van der Waals surface area (Å²) in [5.74, 6) is 0.693. The highest BCUT2D eigenvalue weighted by atomic mass is 35.5. The van der Waals surface area contributed by atoms with E-state index in [0.717, 1.165) is 23.2 Å². The van der Waals surface area contributed by atoms with Crippen molar-refractivity contribution < 1.29 is 4.74 Å². The van der Waals surface area contributed by atoms with E-state index in [9.17, 15) is 0 Å². The van der Waals surface area contributed by atoms with Gasteiger partial charge in [-0.1, -0.05) is 36.2 Å². The Kier molecular flexibility index (Phi) is 6.10. The van der Waals surface area contributed by atoms with E-state index in [0.29, 0.717) is 22.4 Å². The second-order valence-electron chi connectivity index (χ2n) is 4.87. The minimum Gasteiger partial charge on any atom is -0.492 e. The molecule has 3 nitrogen and oxygen atoms in total. The number of nitrogens with one attached hydrogen (secondary N) is 1.